The summed E-state index contributed by atoms with van der Waals surface area (Å²) >= 11 is 0. The van der Waals surface area contributed by atoms with Crippen molar-refractivity contribution in [1.29, 1.82) is 0 Å². The summed E-state index contributed by atoms with van der Waals surface area (Å²) in [7, 11) is -4.88. The molecule has 0 unspecified atom stereocenters. The third kappa shape index (κ3) is 3.28. The highest BCUT2D eigenvalue weighted by Gasteiger charge is 2.49. The zero-order chi connectivity index (χ0) is 14.4. The van der Waals surface area contributed by atoms with Gasteiger partial charge in [-0.1, -0.05) is 0 Å². The van der Waals surface area contributed by atoms with E-state index in [0.29, 0.717) is 5.06 Å². The fourth-order valence-electron chi connectivity index (χ4n) is 2.39. The SMILES string of the molecule is O=C1N2C[C@H](CC[C@H]2CC(F)(F)F)N1OS(=O)(=O)O. The fraction of sp³-hybridized carbons (Fsp3) is 0.875. The topological polar surface area (TPSA) is 87.2 Å². The van der Waals surface area contributed by atoms with Crippen molar-refractivity contribution >= 4 is 16.4 Å². The minimum Gasteiger partial charge on any atom is -0.317 e. The normalized spacial score (nSPS) is 28.1. The zero-order valence-electron chi connectivity index (χ0n) is 9.50. The van der Waals surface area contributed by atoms with Gasteiger partial charge in [-0.3, -0.25) is 4.55 Å². The average Bonchev–Trinajstić information content (AvgIpc) is 2.44. The number of fused-ring (bicyclic) bond motifs is 2. The van der Waals surface area contributed by atoms with E-state index >= 15 is 0 Å². The van der Waals surface area contributed by atoms with Crippen LogP contribution < -0.4 is 0 Å². The molecule has 11 heteroatoms. The van der Waals surface area contributed by atoms with E-state index in [2.05, 4.69) is 4.28 Å². The van der Waals surface area contributed by atoms with E-state index < -0.39 is 41.1 Å². The number of hydroxylamine groups is 2. The number of carbonyl (C=O) groups excluding carboxylic acids is 1. The minimum atomic E-state index is -4.88. The quantitative estimate of drug-likeness (QED) is 0.784. The lowest BCUT2D eigenvalue weighted by atomic mass is 9.98. The summed E-state index contributed by atoms with van der Waals surface area (Å²) in [5, 5.41) is 0.422. The monoisotopic (exact) mass is 304 g/mol. The number of hydrogen-bond donors (Lipinski definition) is 1. The summed E-state index contributed by atoms with van der Waals surface area (Å²) in [5.41, 5.74) is 0. The molecule has 1 N–H and O–H groups in total. The van der Waals surface area contributed by atoms with Crippen molar-refractivity contribution in [1.82, 2.24) is 9.96 Å². The molecule has 110 valence electrons. The molecule has 0 aliphatic carbocycles. The molecule has 0 saturated carbocycles. The molecule has 2 amide bonds. The van der Waals surface area contributed by atoms with Crippen molar-refractivity contribution in [2.75, 3.05) is 6.54 Å². The lowest BCUT2D eigenvalue weighted by Gasteiger charge is -2.30. The summed E-state index contributed by atoms with van der Waals surface area (Å²) in [4.78, 5) is 12.7. The maximum atomic E-state index is 12.3. The van der Waals surface area contributed by atoms with Gasteiger partial charge in [-0.15, -0.1) is 4.28 Å². The number of rotatable bonds is 3. The smallest absolute Gasteiger partial charge is 0.317 e. The van der Waals surface area contributed by atoms with Crippen LogP contribution in [0, 0.1) is 0 Å². The average molecular weight is 304 g/mol. The van der Waals surface area contributed by atoms with E-state index in [-0.39, 0.29) is 19.4 Å². The molecule has 19 heavy (non-hydrogen) atoms. The number of urea groups is 1. The van der Waals surface area contributed by atoms with Crippen LogP contribution in [0.15, 0.2) is 0 Å². The summed E-state index contributed by atoms with van der Waals surface area (Å²) < 4.78 is 70.8. The van der Waals surface area contributed by atoms with Crippen LogP contribution in [0.1, 0.15) is 19.3 Å². The Balaban J connectivity index is 2.11. The Bertz CT molecular complexity index is 479. The van der Waals surface area contributed by atoms with Gasteiger partial charge in [0.2, 0.25) is 0 Å². The van der Waals surface area contributed by atoms with Gasteiger partial charge in [0.1, 0.15) is 0 Å². The lowest BCUT2D eigenvalue weighted by molar-refractivity contribution is -0.146. The third-order valence-corrected chi connectivity index (χ3v) is 3.44. The van der Waals surface area contributed by atoms with E-state index in [9.17, 15) is 26.4 Å². The molecular weight excluding hydrogens is 293 g/mol. The molecule has 2 atom stereocenters. The molecule has 2 fully saturated rings. The maximum absolute atomic E-state index is 12.3. The molecule has 7 nitrogen and oxygen atoms in total. The molecule has 0 radical (unpaired) electrons. The number of carbonyl (C=O) groups is 1. The van der Waals surface area contributed by atoms with Crippen LogP contribution in [0.4, 0.5) is 18.0 Å². The molecule has 2 aliphatic rings. The van der Waals surface area contributed by atoms with E-state index in [4.69, 9.17) is 4.55 Å². The Morgan fingerprint density at radius 2 is 2.00 bits per heavy atom. The molecule has 2 heterocycles. The molecule has 2 bridgehead atoms. The van der Waals surface area contributed by atoms with Crippen LogP contribution in [0.3, 0.4) is 0 Å². The molecule has 0 aromatic heterocycles. The summed E-state index contributed by atoms with van der Waals surface area (Å²) in [6.45, 7) is -0.0465. The van der Waals surface area contributed by atoms with Gasteiger partial charge in [0, 0.05) is 12.6 Å². The molecule has 2 aliphatic heterocycles. The van der Waals surface area contributed by atoms with Gasteiger partial charge >= 0.3 is 22.6 Å². The Hall–Kier alpha value is -1.07. The molecule has 2 rings (SSSR count). The molecule has 0 aromatic rings. The van der Waals surface area contributed by atoms with Gasteiger partial charge in [-0.2, -0.15) is 26.7 Å². The highest BCUT2D eigenvalue weighted by atomic mass is 32.3. The number of halogens is 3. The van der Waals surface area contributed by atoms with E-state index in [1.54, 1.807) is 0 Å². The van der Waals surface area contributed by atoms with E-state index in [0.717, 1.165) is 4.90 Å². The van der Waals surface area contributed by atoms with E-state index in [1.807, 2.05) is 0 Å². The van der Waals surface area contributed by atoms with Crippen molar-refractivity contribution < 1.29 is 35.2 Å². The number of amides is 2. The molecule has 0 spiro atoms. The number of nitrogens with zero attached hydrogens (tertiary/aromatic N) is 2. The highest BCUT2D eigenvalue weighted by Crippen LogP contribution is 2.35. The van der Waals surface area contributed by atoms with Crippen LogP contribution in [0.5, 0.6) is 0 Å². The van der Waals surface area contributed by atoms with Gasteiger partial charge in [0.15, 0.2) is 0 Å². The third-order valence-electron chi connectivity index (χ3n) is 3.09. The fourth-order valence-corrected chi connectivity index (χ4v) is 2.78. The standard InChI is InChI=1S/C8H11F3N2O5S/c9-8(10,11)3-5-1-2-6-4-12(5)7(14)13(6)18-19(15,16)17/h5-6H,1-4H2,(H,15,16,17)/t5-,6-/m0/s1. The second-order valence-electron chi connectivity index (χ2n) is 4.47. The second-order valence-corrected chi connectivity index (χ2v) is 5.47. The highest BCUT2D eigenvalue weighted by molar-refractivity contribution is 7.80. The van der Waals surface area contributed by atoms with Gasteiger partial charge in [-0.25, -0.2) is 4.79 Å². The van der Waals surface area contributed by atoms with Crippen molar-refractivity contribution in [3.63, 3.8) is 0 Å². The van der Waals surface area contributed by atoms with Crippen LogP contribution in [0.2, 0.25) is 0 Å². The van der Waals surface area contributed by atoms with Crippen LogP contribution >= 0.6 is 0 Å². The van der Waals surface area contributed by atoms with Crippen molar-refractivity contribution in [3.05, 3.63) is 0 Å². The first kappa shape index (κ1) is 14.3. The van der Waals surface area contributed by atoms with Gasteiger partial charge in [0.05, 0.1) is 12.5 Å². The zero-order valence-corrected chi connectivity index (χ0v) is 10.3. The van der Waals surface area contributed by atoms with Crippen molar-refractivity contribution in [2.45, 2.75) is 37.5 Å². The number of hydrogen-bond acceptors (Lipinski definition) is 4. The van der Waals surface area contributed by atoms with Crippen LogP contribution in [0.25, 0.3) is 0 Å². The summed E-state index contributed by atoms with van der Waals surface area (Å²) in [6, 6.07) is -2.67. The predicted molar refractivity (Wildman–Crippen MR) is 54.1 cm³/mol. The number of alkyl halides is 3. The van der Waals surface area contributed by atoms with E-state index in [1.165, 1.54) is 0 Å². The first-order valence-corrected chi connectivity index (χ1v) is 6.77. The minimum absolute atomic E-state index is 0.0465. The predicted octanol–water partition coefficient (Wildman–Crippen LogP) is 0.942. The Labute approximate surface area is 106 Å². The second kappa shape index (κ2) is 4.49. The maximum Gasteiger partial charge on any atom is 0.418 e. The largest absolute Gasteiger partial charge is 0.418 e. The van der Waals surface area contributed by atoms with Gasteiger partial charge in [0.25, 0.3) is 0 Å². The van der Waals surface area contributed by atoms with Gasteiger partial charge < -0.3 is 4.90 Å². The van der Waals surface area contributed by atoms with Crippen LogP contribution in [-0.2, 0) is 14.7 Å². The number of piperidine rings is 1. The molecule has 2 saturated heterocycles. The van der Waals surface area contributed by atoms with Crippen molar-refractivity contribution in [3.8, 4) is 0 Å². The summed E-state index contributed by atoms with van der Waals surface area (Å²) in [6.07, 6.45) is -5.28. The Kier molecular flexibility index (Phi) is 3.39. The Morgan fingerprint density at radius 3 is 2.53 bits per heavy atom. The molecule has 0 aromatic carbocycles. The van der Waals surface area contributed by atoms with Crippen LogP contribution in [-0.4, -0.2) is 53.8 Å². The first-order chi connectivity index (χ1) is 8.57. The van der Waals surface area contributed by atoms with Crippen molar-refractivity contribution in [2.24, 2.45) is 0 Å². The lowest BCUT2D eigenvalue weighted by Crippen LogP contribution is -2.42. The first-order valence-electron chi connectivity index (χ1n) is 5.40. The van der Waals surface area contributed by atoms with Gasteiger partial charge in [-0.05, 0) is 12.8 Å². The molecular formula is C8H11F3N2O5S. The summed E-state index contributed by atoms with van der Waals surface area (Å²) in [5.74, 6) is 0. The Morgan fingerprint density at radius 1 is 1.37 bits per heavy atom.